The number of nitrogens with one attached hydrogen (secondary N) is 1. The minimum Gasteiger partial charge on any atom is -0.488 e. The van der Waals surface area contributed by atoms with Gasteiger partial charge in [0.05, 0.1) is 6.21 Å². The zero-order valence-corrected chi connectivity index (χ0v) is 17.7. The number of para-hydroxylation sites is 1. The van der Waals surface area contributed by atoms with E-state index in [0.29, 0.717) is 23.1 Å². The Morgan fingerprint density at radius 1 is 1.03 bits per heavy atom. The normalized spacial score (nSPS) is 10.7. The van der Waals surface area contributed by atoms with E-state index in [0.717, 1.165) is 15.6 Å². The van der Waals surface area contributed by atoms with E-state index < -0.39 is 0 Å². The minimum absolute atomic E-state index is 0.207. The van der Waals surface area contributed by atoms with Gasteiger partial charge in [0.25, 0.3) is 5.91 Å². The zero-order chi connectivity index (χ0) is 20.5. The third kappa shape index (κ3) is 6.93. The quantitative estimate of drug-likeness (QED) is 0.339. The first-order valence-electron chi connectivity index (χ1n) is 8.77. The average Bonchev–Trinajstić information content (AvgIpc) is 2.73. The number of nitrogens with zero attached hydrogens (tertiary/aromatic N) is 1. The van der Waals surface area contributed by atoms with Crippen LogP contribution in [0.25, 0.3) is 0 Å². The van der Waals surface area contributed by atoms with Crippen LogP contribution in [0.2, 0.25) is 5.02 Å². The molecule has 1 amide bonds. The van der Waals surface area contributed by atoms with E-state index in [4.69, 9.17) is 21.2 Å². The van der Waals surface area contributed by atoms with Crippen LogP contribution >= 0.6 is 27.5 Å². The summed E-state index contributed by atoms with van der Waals surface area (Å²) in [4.78, 5) is 17.0. The molecular formula is C22H18BrClN2O3. The maximum absolute atomic E-state index is 11.9. The lowest BCUT2D eigenvalue weighted by atomic mass is 10.2. The Bertz CT molecular complexity index is 976. The summed E-state index contributed by atoms with van der Waals surface area (Å²) in [6, 6.07) is 22.2. The highest BCUT2D eigenvalue weighted by Crippen LogP contribution is 2.19. The second kappa shape index (κ2) is 10.6. The van der Waals surface area contributed by atoms with Gasteiger partial charge >= 0.3 is 0 Å². The Kier molecular flexibility index (Phi) is 7.67. The van der Waals surface area contributed by atoms with Gasteiger partial charge in [0.15, 0.2) is 6.61 Å². The Balaban J connectivity index is 1.50. The van der Waals surface area contributed by atoms with Crippen LogP contribution in [-0.2, 0) is 16.2 Å². The number of halogens is 2. The van der Waals surface area contributed by atoms with Gasteiger partial charge in [-0.1, -0.05) is 57.0 Å². The Morgan fingerprint density at radius 3 is 2.52 bits per heavy atom. The van der Waals surface area contributed by atoms with Crippen LogP contribution in [-0.4, -0.2) is 18.7 Å². The molecule has 0 heterocycles. The fourth-order valence-electron chi connectivity index (χ4n) is 2.38. The number of carbonyl (C=O) groups is 1. The molecule has 0 unspecified atom stereocenters. The molecule has 0 saturated carbocycles. The van der Waals surface area contributed by atoms with Gasteiger partial charge in [0.2, 0.25) is 0 Å². The standard InChI is InChI=1S/C22H18BrClN2O3/c23-18-7-5-16(6-8-18)14-28-21-4-2-1-3-17(21)13-25-29-15-22(27)26-20-11-9-19(24)10-12-20/h1-13H,14-15H2,(H,26,27)/b25-13+. The topological polar surface area (TPSA) is 59.9 Å². The Morgan fingerprint density at radius 2 is 1.76 bits per heavy atom. The second-order valence-corrected chi connectivity index (χ2v) is 7.37. The molecule has 0 fully saturated rings. The number of ether oxygens (including phenoxy) is 1. The van der Waals surface area contributed by atoms with Gasteiger partial charge in [0, 0.05) is 20.7 Å². The van der Waals surface area contributed by atoms with E-state index in [1.165, 1.54) is 6.21 Å². The smallest absolute Gasteiger partial charge is 0.265 e. The molecule has 0 aromatic heterocycles. The number of amides is 1. The molecule has 29 heavy (non-hydrogen) atoms. The van der Waals surface area contributed by atoms with Crippen molar-refractivity contribution in [3.8, 4) is 5.75 Å². The summed E-state index contributed by atoms with van der Waals surface area (Å²) in [6.07, 6.45) is 1.52. The maximum Gasteiger partial charge on any atom is 0.265 e. The van der Waals surface area contributed by atoms with E-state index in [2.05, 4.69) is 26.4 Å². The summed E-state index contributed by atoms with van der Waals surface area (Å²) in [5.74, 6) is 0.359. The van der Waals surface area contributed by atoms with Crippen molar-refractivity contribution in [2.24, 2.45) is 5.16 Å². The predicted octanol–water partition coefficient (Wildman–Crippen LogP) is 5.67. The molecule has 0 spiro atoms. The largest absolute Gasteiger partial charge is 0.488 e. The maximum atomic E-state index is 11.9. The van der Waals surface area contributed by atoms with Crippen molar-refractivity contribution in [3.05, 3.63) is 93.4 Å². The molecule has 0 aliphatic heterocycles. The molecule has 0 saturated heterocycles. The molecule has 7 heteroatoms. The lowest BCUT2D eigenvalue weighted by Crippen LogP contribution is -2.16. The number of oxime groups is 1. The minimum atomic E-state index is -0.316. The van der Waals surface area contributed by atoms with Crippen LogP contribution in [0.4, 0.5) is 5.69 Å². The van der Waals surface area contributed by atoms with E-state index in [-0.39, 0.29) is 12.5 Å². The summed E-state index contributed by atoms with van der Waals surface area (Å²) in [5.41, 5.74) is 2.44. The van der Waals surface area contributed by atoms with Crippen molar-refractivity contribution < 1.29 is 14.4 Å². The van der Waals surface area contributed by atoms with E-state index >= 15 is 0 Å². The van der Waals surface area contributed by atoms with Crippen molar-refractivity contribution in [3.63, 3.8) is 0 Å². The number of hydrogen-bond donors (Lipinski definition) is 1. The van der Waals surface area contributed by atoms with Crippen LogP contribution in [0.1, 0.15) is 11.1 Å². The molecule has 0 aliphatic carbocycles. The van der Waals surface area contributed by atoms with Crippen LogP contribution in [0.5, 0.6) is 5.75 Å². The molecule has 0 aliphatic rings. The lowest BCUT2D eigenvalue weighted by molar-refractivity contribution is -0.120. The highest BCUT2D eigenvalue weighted by molar-refractivity contribution is 9.10. The SMILES string of the molecule is O=C(CO/N=C/c1ccccc1OCc1ccc(Br)cc1)Nc1ccc(Cl)cc1. The van der Waals surface area contributed by atoms with Crippen molar-refractivity contribution in [2.45, 2.75) is 6.61 Å². The summed E-state index contributed by atoms with van der Waals surface area (Å²) >= 11 is 9.23. The third-order valence-corrected chi connectivity index (χ3v) is 4.60. The van der Waals surface area contributed by atoms with Crippen molar-refractivity contribution >= 4 is 45.3 Å². The summed E-state index contributed by atoms with van der Waals surface area (Å²) in [6.45, 7) is 0.226. The molecule has 3 aromatic carbocycles. The average molecular weight is 474 g/mol. The molecule has 3 aromatic rings. The molecule has 0 bridgehead atoms. The molecule has 148 valence electrons. The molecule has 0 atom stereocenters. The van der Waals surface area contributed by atoms with Crippen molar-refractivity contribution in [1.29, 1.82) is 0 Å². The molecular weight excluding hydrogens is 456 g/mol. The zero-order valence-electron chi connectivity index (χ0n) is 15.3. The second-order valence-electron chi connectivity index (χ2n) is 6.02. The summed E-state index contributed by atoms with van der Waals surface area (Å²) in [5, 5.41) is 7.17. The first-order chi connectivity index (χ1) is 14.1. The van der Waals surface area contributed by atoms with Crippen molar-refractivity contribution in [2.75, 3.05) is 11.9 Å². The molecule has 3 rings (SSSR count). The van der Waals surface area contributed by atoms with E-state index in [1.807, 2.05) is 48.5 Å². The van der Waals surface area contributed by atoms with E-state index in [1.54, 1.807) is 24.3 Å². The molecule has 1 N–H and O–H groups in total. The number of carbonyl (C=O) groups excluding carboxylic acids is 1. The Hall–Kier alpha value is -2.83. The summed E-state index contributed by atoms with van der Waals surface area (Å²) < 4.78 is 6.90. The highest BCUT2D eigenvalue weighted by Gasteiger charge is 2.04. The summed E-state index contributed by atoms with van der Waals surface area (Å²) in [7, 11) is 0. The van der Waals surface area contributed by atoms with Gasteiger partial charge in [-0.15, -0.1) is 0 Å². The van der Waals surface area contributed by atoms with Gasteiger partial charge in [-0.3, -0.25) is 4.79 Å². The molecule has 5 nitrogen and oxygen atoms in total. The van der Waals surface area contributed by atoms with Crippen molar-refractivity contribution in [1.82, 2.24) is 0 Å². The lowest BCUT2D eigenvalue weighted by Gasteiger charge is -2.09. The van der Waals surface area contributed by atoms with Crippen LogP contribution < -0.4 is 10.1 Å². The van der Waals surface area contributed by atoms with Gasteiger partial charge in [-0.25, -0.2) is 0 Å². The number of rotatable bonds is 8. The van der Waals surface area contributed by atoms with Gasteiger partial charge < -0.3 is 14.9 Å². The van der Waals surface area contributed by atoms with Crippen LogP contribution in [0.15, 0.2) is 82.4 Å². The number of hydrogen-bond acceptors (Lipinski definition) is 4. The van der Waals surface area contributed by atoms with Gasteiger partial charge in [0.1, 0.15) is 12.4 Å². The van der Waals surface area contributed by atoms with Crippen LogP contribution in [0, 0.1) is 0 Å². The fraction of sp³-hybridized carbons (Fsp3) is 0.0909. The molecule has 0 radical (unpaired) electrons. The fourth-order valence-corrected chi connectivity index (χ4v) is 2.77. The first-order valence-corrected chi connectivity index (χ1v) is 9.94. The predicted molar refractivity (Wildman–Crippen MR) is 119 cm³/mol. The number of anilines is 1. The monoisotopic (exact) mass is 472 g/mol. The first kappa shape index (κ1) is 20.9. The van der Waals surface area contributed by atoms with Gasteiger partial charge in [-0.05, 0) is 54.1 Å². The van der Waals surface area contributed by atoms with E-state index in [9.17, 15) is 4.79 Å². The van der Waals surface area contributed by atoms with Gasteiger partial charge in [-0.2, -0.15) is 0 Å². The van der Waals surface area contributed by atoms with Crippen LogP contribution in [0.3, 0.4) is 0 Å². The Labute approximate surface area is 182 Å². The third-order valence-electron chi connectivity index (χ3n) is 3.82. The highest BCUT2D eigenvalue weighted by atomic mass is 79.9. The number of benzene rings is 3.